The first-order valence-corrected chi connectivity index (χ1v) is 12.2. The molecule has 0 radical (unpaired) electrons. The van der Waals surface area contributed by atoms with Crippen LogP contribution in [0.25, 0.3) is 5.95 Å². The molecule has 2 amide bonds. The lowest BCUT2D eigenvalue weighted by molar-refractivity contribution is -0.122. The maximum atomic E-state index is 12.9. The number of carbonyl (C=O) groups excluding carboxylic acids is 2. The molecular weight excluding hydrogens is 482 g/mol. The van der Waals surface area contributed by atoms with Crippen molar-refractivity contribution in [3.63, 3.8) is 0 Å². The minimum atomic E-state index is -0.430. The number of hydrogen-bond acceptors (Lipinski definition) is 7. The van der Waals surface area contributed by atoms with Crippen LogP contribution in [0.15, 0.2) is 49.1 Å². The molecule has 1 fully saturated rings. The Hall–Kier alpha value is -3.66. The van der Waals surface area contributed by atoms with Crippen LogP contribution in [0.5, 0.6) is 0 Å². The lowest BCUT2D eigenvalue weighted by Crippen LogP contribution is -2.57. The summed E-state index contributed by atoms with van der Waals surface area (Å²) in [7, 11) is 0. The highest BCUT2D eigenvalue weighted by molar-refractivity contribution is 6.29. The summed E-state index contributed by atoms with van der Waals surface area (Å²) in [6.07, 6.45) is 4.40. The van der Waals surface area contributed by atoms with Crippen molar-refractivity contribution in [2.75, 3.05) is 24.5 Å². The number of carbonyl (C=O) groups is 2. The van der Waals surface area contributed by atoms with Crippen molar-refractivity contribution in [3.8, 4) is 5.95 Å². The molecule has 1 aliphatic heterocycles. The number of hydrogen-bond donors (Lipinski definition) is 1. The summed E-state index contributed by atoms with van der Waals surface area (Å²) < 4.78 is 7.12. The molecule has 3 aromatic rings. The van der Waals surface area contributed by atoms with Gasteiger partial charge in [-0.2, -0.15) is 4.98 Å². The van der Waals surface area contributed by atoms with Crippen LogP contribution in [-0.4, -0.2) is 68.2 Å². The summed E-state index contributed by atoms with van der Waals surface area (Å²) >= 11 is 6.29. The molecule has 0 spiro atoms. The van der Waals surface area contributed by atoms with Crippen molar-refractivity contribution in [2.45, 2.75) is 45.9 Å². The molecule has 1 atom stereocenters. The van der Waals surface area contributed by atoms with Gasteiger partial charge in [-0.05, 0) is 26.3 Å². The number of amides is 2. The first kappa shape index (κ1) is 25.4. The van der Waals surface area contributed by atoms with Crippen molar-refractivity contribution in [1.29, 1.82) is 0 Å². The van der Waals surface area contributed by atoms with E-state index >= 15 is 0 Å². The van der Waals surface area contributed by atoms with E-state index in [0.717, 1.165) is 11.1 Å². The summed E-state index contributed by atoms with van der Waals surface area (Å²) in [5.74, 6) is 0.856. The molecule has 1 saturated heterocycles. The number of piperazine rings is 1. The highest BCUT2D eigenvalue weighted by Crippen LogP contribution is 2.23. The van der Waals surface area contributed by atoms with Crippen molar-refractivity contribution in [1.82, 2.24) is 29.7 Å². The molecule has 10 nitrogen and oxygen atoms in total. The van der Waals surface area contributed by atoms with Crippen LogP contribution in [0.3, 0.4) is 0 Å². The van der Waals surface area contributed by atoms with Gasteiger partial charge in [-0.15, -0.1) is 0 Å². The molecule has 4 rings (SSSR count). The van der Waals surface area contributed by atoms with E-state index in [1.54, 1.807) is 48.1 Å². The van der Waals surface area contributed by atoms with Gasteiger partial charge in [-0.3, -0.25) is 9.36 Å². The van der Waals surface area contributed by atoms with E-state index in [4.69, 9.17) is 16.3 Å². The van der Waals surface area contributed by atoms with E-state index < -0.39 is 12.1 Å². The molecule has 1 N–H and O–H groups in total. The van der Waals surface area contributed by atoms with Crippen LogP contribution >= 0.6 is 11.6 Å². The van der Waals surface area contributed by atoms with E-state index in [1.165, 1.54) is 0 Å². The summed E-state index contributed by atoms with van der Waals surface area (Å²) in [6.45, 7) is 7.32. The van der Waals surface area contributed by atoms with Gasteiger partial charge in [0, 0.05) is 51.1 Å². The van der Waals surface area contributed by atoms with Gasteiger partial charge in [0.25, 0.3) is 0 Å². The van der Waals surface area contributed by atoms with E-state index in [0.29, 0.717) is 37.9 Å². The molecule has 36 heavy (non-hydrogen) atoms. The Labute approximate surface area is 215 Å². The third-order valence-electron chi connectivity index (χ3n) is 5.81. The third kappa shape index (κ3) is 6.51. The minimum Gasteiger partial charge on any atom is -0.447 e. The van der Waals surface area contributed by atoms with Crippen molar-refractivity contribution in [3.05, 3.63) is 65.3 Å². The molecule has 11 heteroatoms. The van der Waals surface area contributed by atoms with Gasteiger partial charge in [0.15, 0.2) is 0 Å². The van der Waals surface area contributed by atoms with Crippen molar-refractivity contribution in [2.24, 2.45) is 0 Å². The van der Waals surface area contributed by atoms with E-state index in [1.807, 2.05) is 36.1 Å². The van der Waals surface area contributed by atoms with E-state index in [9.17, 15) is 9.59 Å². The van der Waals surface area contributed by atoms with Gasteiger partial charge in [-0.25, -0.2) is 14.8 Å². The monoisotopic (exact) mass is 511 g/mol. The standard InChI is InChI=1S/C25H30ClN7O3/c1-17(2)36-25(35)33-11-10-31(22-13-21(26)29-24(30-22)32-9-8-27-16-32)15-20(33)12-23(34)28-14-19-6-4-18(3)5-7-19/h4-9,13,16-17,20H,10-12,14-15H2,1-3H3,(H,28,34). The zero-order valence-corrected chi connectivity index (χ0v) is 21.4. The zero-order valence-electron chi connectivity index (χ0n) is 20.6. The Kier molecular flexibility index (Phi) is 8.04. The second-order valence-electron chi connectivity index (χ2n) is 9.01. The largest absolute Gasteiger partial charge is 0.447 e. The number of ether oxygens (including phenoxy) is 1. The quantitative estimate of drug-likeness (QED) is 0.485. The number of aromatic nitrogens is 4. The van der Waals surface area contributed by atoms with Crippen LogP contribution in [0.1, 0.15) is 31.4 Å². The molecular formula is C25H30ClN7O3. The Balaban J connectivity index is 1.49. The van der Waals surface area contributed by atoms with E-state index in [2.05, 4.69) is 20.3 Å². The Morgan fingerprint density at radius 3 is 2.67 bits per heavy atom. The normalized spacial score (nSPS) is 15.8. The molecule has 1 aliphatic rings. The first-order valence-electron chi connectivity index (χ1n) is 11.9. The molecule has 0 saturated carbocycles. The van der Waals surface area contributed by atoms with E-state index in [-0.39, 0.29) is 23.6 Å². The fourth-order valence-corrected chi connectivity index (χ4v) is 4.16. The predicted molar refractivity (Wildman–Crippen MR) is 136 cm³/mol. The van der Waals surface area contributed by atoms with Gasteiger partial charge >= 0.3 is 6.09 Å². The van der Waals surface area contributed by atoms with Crippen molar-refractivity contribution >= 4 is 29.4 Å². The summed E-state index contributed by atoms with van der Waals surface area (Å²) in [5.41, 5.74) is 2.17. The molecule has 190 valence electrons. The summed E-state index contributed by atoms with van der Waals surface area (Å²) in [5, 5.41) is 3.25. The molecule has 0 aliphatic carbocycles. The van der Waals surface area contributed by atoms with Gasteiger partial charge in [0.2, 0.25) is 11.9 Å². The number of nitrogens with one attached hydrogen (secondary N) is 1. The van der Waals surface area contributed by atoms with Crippen LogP contribution in [0, 0.1) is 6.92 Å². The Bertz CT molecular complexity index is 1180. The number of halogens is 1. The van der Waals surface area contributed by atoms with Crippen LogP contribution in [-0.2, 0) is 16.1 Å². The lowest BCUT2D eigenvalue weighted by atomic mass is 10.1. The van der Waals surface area contributed by atoms with Gasteiger partial charge in [0.1, 0.15) is 17.3 Å². The van der Waals surface area contributed by atoms with Gasteiger partial charge in [0.05, 0.1) is 12.1 Å². The average Bonchev–Trinajstić information content (AvgIpc) is 3.38. The number of nitrogens with zero attached hydrogens (tertiary/aromatic N) is 6. The van der Waals surface area contributed by atoms with Gasteiger partial charge < -0.3 is 19.9 Å². The second-order valence-corrected chi connectivity index (χ2v) is 9.40. The smallest absolute Gasteiger partial charge is 0.410 e. The molecule has 2 aromatic heterocycles. The van der Waals surface area contributed by atoms with Crippen LogP contribution in [0.2, 0.25) is 5.15 Å². The number of imidazole rings is 1. The summed E-state index contributed by atoms with van der Waals surface area (Å²) in [4.78, 5) is 42.3. The molecule has 1 unspecified atom stereocenters. The SMILES string of the molecule is Cc1ccc(CNC(=O)CC2CN(c3cc(Cl)nc(-n4ccnc4)n3)CCN2C(=O)OC(C)C)cc1. The number of rotatable bonds is 7. The fraction of sp³-hybridized carbons (Fsp3) is 0.400. The molecule has 1 aromatic carbocycles. The maximum absolute atomic E-state index is 12.9. The molecule has 0 bridgehead atoms. The zero-order chi connectivity index (χ0) is 25.7. The number of anilines is 1. The van der Waals surface area contributed by atoms with Crippen LogP contribution in [0.4, 0.5) is 10.6 Å². The lowest BCUT2D eigenvalue weighted by Gasteiger charge is -2.41. The number of benzene rings is 1. The van der Waals surface area contributed by atoms with Crippen molar-refractivity contribution < 1.29 is 14.3 Å². The maximum Gasteiger partial charge on any atom is 0.410 e. The Morgan fingerprint density at radius 1 is 1.19 bits per heavy atom. The highest BCUT2D eigenvalue weighted by atomic mass is 35.5. The highest BCUT2D eigenvalue weighted by Gasteiger charge is 2.34. The first-order chi connectivity index (χ1) is 17.3. The molecule has 3 heterocycles. The topological polar surface area (TPSA) is 105 Å². The third-order valence-corrected chi connectivity index (χ3v) is 6.01. The van der Waals surface area contributed by atoms with Crippen LogP contribution < -0.4 is 10.2 Å². The predicted octanol–water partition coefficient (Wildman–Crippen LogP) is 3.37. The summed E-state index contributed by atoms with van der Waals surface area (Å²) in [6, 6.07) is 9.26. The Morgan fingerprint density at radius 2 is 1.97 bits per heavy atom. The fourth-order valence-electron chi connectivity index (χ4n) is 3.99. The average molecular weight is 512 g/mol. The van der Waals surface area contributed by atoms with Gasteiger partial charge in [-0.1, -0.05) is 41.4 Å². The number of aryl methyl sites for hydroxylation is 1. The minimum absolute atomic E-state index is 0.128. The second kappa shape index (κ2) is 11.4.